The Hall–Kier alpha value is -2.05. The Morgan fingerprint density at radius 3 is 2.62 bits per heavy atom. The monoisotopic (exact) mass is 392 g/mol. The molecule has 2 N–H and O–H groups in total. The first-order chi connectivity index (χ1) is 12.5. The van der Waals surface area contributed by atoms with Gasteiger partial charge in [-0.25, -0.2) is 0 Å². The van der Waals surface area contributed by atoms with Crippen LogP contribution in [0.3, 0.4) is 0 Å². The summed E-state index contributed by atoms with van der Waals surface area (Å²) in [4.78, 5) is 25.7. The molecule has 1 aliphatic rings. The van der Waals surface area contributed by atoms with Crippen LogP contribution in [-0.4, -0.2) is 25.5 Å². The molecule has 1 saturated carbocycles. The van der Waals surface area contributed by atoms with Crippen molar-refractivity contribution < 1.29 is 14.3 Å². The Balaban J connectivity index is 1.60. The fourth-order valence-electron chi connectivity index (χ4n) is 3.40. The number of carbonyl (C=O) groups excluding carboxylic acids is 2. The van der Waals surface area contributed by atoms with Crippen LogP contribution in [0, 0.1) is 0 Å². The number of ether oxygens (including phenoxy) is 1. The van der Waals surface area contributed by atoms with Crippen molar-refractivity contribution in [2.24, 2.45) is 0 Å². The number of hydrogen-bond donors (Lipinski definition) is 2. The van der Waals surface area contributed by atoms with Crippen molar-refractivity contribution in [2.45, 2.75) is 31.1 Å². The van der Waals surface area contributed by atoms with Crippen molar-refractivity contribution in [3.8, 4) is 5.75 Å². The number of benzene rings is 1. The van der Waals surface area contributed by atoms with Crippen LogP contribution >= 0.6 is 22.9 Å². The first-order valence-electron chi connectivity index (χ1n) is 8.51. The number of hydrogen-bond acceptors (Lipinski definition) is 4. The van der Waals surface area contributed by atoms with Gasteiger partial charge in [-0.05, 0) is 42.5 Å². The highest BCUT2D eigenvalue weighted by Gasteiger charge is 2.37. The summed E-state index contributed by atoms with van der Waals surface area (Å²) in [6, 6.07) is 8.97. The lowest BCUT2D eigenvalue weighted by Crippen LogP contribution is -2.43. The van der Waals surface area contributed by atoms with E-state index in [4.69, 9.17) is 16.3 Å². The average molecular weight is 393 g/mol. The zero-order valence-corrected chi connectivity index (χ0v) is 16.1. The highest BCUT2D eigenvalue weighted by atomic mass is 35.5. The molecule has 0 unspecified atom stereocenters. The Bertz CT molecular complexity index is 786. The van der Waals surface area contributed by atoms with Crippen molar-refractivity contribution >= 4 is 40.4 Å². The lowest BCUT2D eigenvalue weighted by atomic mass is 9.84. The lowest BCUT2D eigenvalue weighted by molar-refractivity contribution is -0.136. The summed E-state index contributed by atoms with van der Waals surface area (Å²) in [5, 5.41) is 7.80. The topological polar surface area (TPSA) is 67.4 Å². The highest BCUT2D eigenvalue weighted by molar-refractivity contribution is 7.10. The summed E-state index contributed by atoms with van der Waals surface area (Å²) in [6.45, 7) is 0.475. The summed E-state index contributed by atoms with van der Waals surface area (Å²) in [5.74, 6) is -0.835. The molecular formula is C19H21ClN2O3S. The molecule has 0 aliphatic heterocycles. The first-order valence-corrected chi connectivity index (χ1v) is 9.76. The first kappa shape index (κ1) is 18.7. The number of nitrogens with one attached hydrogen (secondary N) is 2. The summed E-state index contributed by atoms with van der Waals surface area (Å²) in [5.41, 5.74) is 0.401. The fourth-order valence-corrected chi connectivity index (χ4v) is 4.65. The molecule has 3 rings (SSSR count). The van der Waals surface area contributed by atoms with Gasteiger partial charge in [-0.15, -0.1) is 11.3 Å². The van der Waals surface area contributed by atoms with Crippen LogP contribution in [0.4, 0.5) is 5.69 Å². The van der Waals surface area contributed by atoms with Gasteiger partial charge in [0.25, 0.3) is 0 Å². The molecule has 0 atom stereocenters. The number of amides is 2. The van der Waals surface area contributed by atoms with Gasteiger partial charge in [-0.2, -0.15) is 0 Å². The minimum atomic E-state index is -0.703. The van der Waals surface area contributed by atoms with E-state index < -0.39 is 11.8 Å². The maximum Gasteiger partial charge on any atom is 0.313 e. The van der Waals surface area contributed by atoms with Gasteiger partial charge in [0.2, 0.25) is 0 Å². The smallest absolute Gasteiger partial charge is 0.313 e. The molecule has 0 radical (unpaired) electrons. The number of carbonyl (C=O) groups is 2. The van der Waals surface area contributed by atoms with E-state index in [9.17, 15) is 9.59 Å². The average Bonchev–Trinajstić information content (AvgIpc) is 3.32. The normalized spacial score (nSPS) is 15.5. The molecule has 138 valence electrons. The Morgan fingerprint density at radius 1 is 1.23 bits per heavy atom. The predicted octanol–water partition coefficient (Wildman–Crippen LogP) is 3.98. The van der Waals surface area contributed by atoms with Crippen LogP contribution in [0.15, 0.2) is 35.7 Å². The van der Waals surface area contributed by atoms with E-state index in [1.807, 2.05) is 6.07 Å². The standard InChI is InChI=1S/C19H21ClN2O3S/c1-25-15-7-6-13(11-14(15)20)22-18(24)17(23)21-12-19(8-2-3-9-19)16-5-4-10-26-16/h4-7,10-11H,2-3,8-9,12H2,1H3,(H,21,23)(H,22,24). The van der Waals surface area contributed by atoms with E-state index in [1.165, 1.54) is 12.0 Å². The SMILES string of the molecule is COc1ccc(NC(=O)C(=O)NCC2(c3cccs3)CCCC2)cc1Cl. The molecule has 1 heterocycles. The van der Waals surface area contributed by atoms with E-state index in [1.54, 1.807) is 29.5 Å². The second kappa shape index (κ2) is 8.10. The van der Waals surface area contributed by atoms with Crippen molar-refractivity contribution in [1.29, 1.82) is 0 Å². The number of thiophene rings is 1. The molecular weight excluding hydrogens is 372 g/mol. The molecule has 1 fully saturated rings. The van der Waals surface area contributed by atoms with Gasteiger partial charge in [0.1, 0.15) is 5.75 Å². The second-order valence-corrected chi connectivity index (χ2v) is 7.81. The third-order valence-corrected chi connectivity index (χ3v) is 6.22. The number of halogens is 1. The maximum atomic E-state index is 12.2. The molecule has 2 aromatic rings. The lowest BCUT2D eigenvalue weighted by Gasteiger charge is -2.28. The fraction of sp³-hybridized carbons (Fsp3) is 0.368. The number of anilines is 1. The van der Waals surface area contributed by atoms with Gasteiger partial charge >= 0.3 is 11.8 Å². The molecule has 0 saturated heterocycles. The van der Waals surface area contributed by atoms with Gasteiger partial charge in [0.05, 0.1) is 12.1 Å². The largest absolute Gasteiger partial charge is 0.495 e. The zero-order chi connectivity index (χ0) is 18.6. The van der Waals surface area contributed by atoms with Gasteiger partial charge in [0, 0.05) is 22.5 Å². The third-order valence-electron chi connectivity index (χ3n) is 4.81. The predicted molar refractivity (Wildman–Crippen MR) is 104 cm³/mol. The molecule has 0 spiro atoms. The zero-order valence-electron chi connectivity index (χ0n) is 14.5. The molecule has 7 heteroatoms. The molecule has 1 aliphatic carbocycles. The van der Waals surface area contributed by atoms with Crippen LogP contribution in [0.2, 0.25) is 5.02 Å². The van der Waals surface area contributed by atoms with Crippen molar-refractivity contribution in [2.75, 3.05) is 19.0 Å². The van der Waals surface area contributed by atoms with E-state index in [2.05, 4.69) is 22.1 Å². The molecule has 1 aromatic heterocycles. The highest BCUT2D eigenvalue weighted by Crippen LogP contribution is 2.42. The summed E-state index contributed by atoms with van der Waals surface area (Å²) in [7, 11) is 1.51. The second-order valence-electron chi connectivity index (χ2n) is 6.45. The van der Waals surface area contributed by atoms with Crippen molar-refractivity contribution in [3.05, 3.63) is 45.6 Å². The van der Waals surface area contributed by atoms with E-state index >= 15 is 0 Å². The molecule has 26 heavy (non-hydrogen) atoms. The summed E-state index contributed by atoms with van der Waals surface area (Å²) in [6.07, 6.45) is 4.35. The molecule has 2 amide bonds. The van der Waals surface area contributed by atoms with Crippen LogP contribution < -0.4 is 15.4 Å². The molecule has 5 nitrogen and oxygen atoms in total. The maximum absolute atomic E-state index is 12.2. The summed E-state index contributed by atoms with van der Waals surface area (Å²) >= 11 is 7.75. The minimum absolute atomic E-state index is 0.0481. The van der Waals surface area contributed by atoms with Crippen LogP contribution in [0.25, 0.3) is 0 Å². The number of methoxy groups -OCH3 is 1. The van der Waals surface area contributed by atoms with E-state index in [0.29, 0.717) is 23.0 Å². The van der Waals surface area contributed by atoms with Crippen molar-refractivity contribution in [1.82, 2.24) is 5.32 Å². The van der Waals surface area contributed by atoms with Crippen LogP contribution in [-0.2, 0) is 15.0 Å². The Morgan fingerprint density at radius 2 is 2.00 bits per heavy atom. The van der Waals surface area contributed by atoms with Crippen LogP contribution in [0.1, 0.15) is 30.6 Å². The van der Waals surface area contributed by atoms with Crippen LogP contribution in [0.5, 0.6) is 5.75 Å². The van der Waals surface area contributed by atoms with Gasteiger partial charge < -0.3 is 15.4 Å². The quantitative estimate of drug-likeness (QED) is 0.756. The van der Waals surface area contributed by atoms with E-state index in [0.717, 1.165) is 25.7 Å². The Kier molecular flexibility index (Phi) is 5.84. The summed E-state index contributed by atoms with van der Waals surface area (Å²) < 4.78 is 5.07. The molecule has 1 aromatic carbocycles. The van der Waals surface area contributed by atoms with Gasteiger partial charge in [0.15, 0.2) is 0 Å². The van der Waals surface area contributed by atoms with E-state index in [-0.39, 0.29) is 5.41 Å². The minimum Gasteiger partial charge on any atom is -0.495 e. The molecule has 0 bridgehead atoms. The number of rotatable bonds is 5. The van der Waals surface area contributed by atoms with Gasteiger partial charge in [-0.1, -0.05) is 30.5 Å². The Labute approximate surface area is 161 Å². The van der Waals surface area contributed by atoms with Crippen molar-refractivity contribution in [3.63, 3.8) is 0 Å². The van der Waals surface area contributed by atoms with Gasteiger partial charge in [-0.3, -0.25) is 9.59 Å². The third kappa shape index (κ3) is 4.02.